The molecule has 0 atom stereocenters. The maximum atomic E-state index is 6.23. The van der Waals surface area contributed by atoms with Gasteiger partial charge in [0.15, 0.2) is 0 Å². The zero-order chi connectivity index (χ0) is 14.4. The Morgan fingerprint density at radius 3 is 2.32 bits per heavy atom. The summed E-state index contributed by atoms with van der Waals surface area (Å²) < 4.78 is 0. The Morgan fingerprint density at radius 1 is 1.26 bits per heavy atom. The van der Waals surface area contributed by atoms with Crippen LogP contribution in [0.2, 0.25) is 0 Å². The van der Waals surface area contributed by atoms with Gasteiger partial charge in [-0.25, -0.2) is 0 Å². The molecule has 1 fully saturated rings. The highest BCUT2D eigenvalue weighted by atomic mass is 35.5. The summed E-state index contributed by atoms with van der Waals surface area (Å²) in [7, 11) is 0. The van der Waals surface area contributed by atoms with E-state index in [-0.39, 0.29) is 0 Å². The number of nitrogens with one attached hydrogen (secondary N) is 1. The van der Waals surface area contributed by atoms with E-state index < -0.39 is 0 Å². The van der Waals surface area contributed by atoms with Gasteiger partial charge >= 0.3 is 0 Å². The van der Waals surface area contributed by atoms with E-state index in [1.165, 1.54) is 0 Å². The molecule has 1 saturated carbocycles. The maximum absolute atomic E-state index is 6.23. The molecule has 1 rings (SSSR count). The summed E-state index contributed by atoms with van der Waals surface area (Å²) >= 11 is 6.23. The molecular formula is C17H22ClN. The Morgan fingerprint density at radius 2 is 1.84 bits per heavy atom. The summed E-state index contributed by atoms with van der Waals surface area (Å²) in [6, 6.07) is 0. The molecule has 19 heavy (non-hydrogen) atoms. The molecule has 0 heterocycles. The highest BCUT2D eigenvalue weighted by Crippen LogP contribution is 2.30. The van der Waals surface area contributed by atoms with Crippen molar-refractivity contribution in [3.8, 4) is 0 Å². The van der Waals surface area contributed by atoms with Crippen LogP contribution >= 0.6 is 11.6 Å². The van der Waals surface area contributed by atoms with Crippen molar-refractivity contribution >= 4 is 11.6 Å². The Kier molecular flexibility index (Phi) is 5.91. The third kappa shape index (κ3) is 4.60. The smallest absolute Gasteiger partial charge is 0.0639 e. The van der Waals surface area contributed by atoms with Gasteiger partial charge in [0.2, 0.25) is 0 Å². The van der Waals surface area contributed by atoms with Gasteiger partial charge in [-0.3, -0.25) is 0 Å². The predicted molar refractivity (Wildman–Crippen MR) is 85.9 cm³/mol. The molecule has 0 aromatic rings. The SMILES string of the molecule is C=C(C)/C=C(Cl)\C(=C/C)NC=C1C(=C)CCCC1=C. The van der Waals surface area contributed by atoms with Crippen LogP contribution in [0.25, 0.3) is 0 Å². The lowest BCUT2D eigenvalue weighted by Gasteiger charge is -2.20. The molecule has 1 N–H and O–H groups in total. The predicted octanol–water partition coefficient (Wildman–Crippen LogP) is 5.36. The first-order valence-corrected chi connectivity index (χ1v) is 6.86. The van der Waals surface area contributed by atoms with Crippen molar-refractivity contribution in [3.63, 3.8) is 0 Å². The monoisotopic (exact) mass is 275 g/mol. The van der Waals surface area contributed by atoms with Gasteiger partial charge in [0.1, 0.15) is 0 Å². The third-order valence-corrected chi connectivity index (χ3v) is 3.32. The fourth-order valence-electron chi connectivity index (χ4n) is 1.97. The van der Waals surface area contributed by atoms with Crippen molar-refractivity contribution < 1.29 is 0 Å². The summed E-state index contributed by atoms with van der Waals surface area (Å²) in [5.74, 6) is 0. The second-order valence-corrected chi connectivity index (χ2v) is 5.21. The van der Waals surface area contributed by atoms with E-state index in [0.717, 1.165) is 47.3 Å². The van der Waals surface area contributed by atoms with Crippen LogP contribution in [0.1, 0.15) is 33.1 Å². The van der Waals surface area contributed by atoms with Crippen LogP contribution in [0.15, 0.2) is 71.1 Å². The minimum Gasteiger partial charge on any atom is -0.360 e. The fourth-order valence-corrected chi connectivity index (χ4v) is 2.32. The van der Waals surface area contributed by atoms with Crippen molar-refractivity contribution in [2.75, 3.05) is 0 Å². The number of allylic oxidation sites excluding steroid dienone is 7. The Hall–Kier alpha value is -1.47. The minimum absolute atomic E-state index is 0.652. The molecule has 0 spiro atoms. The standard InChI is InChI=1S/C17H22ClN/c1-6-17(16(18)10-12(2)3)19-11-15-13(4)8-7-9-14(15)5/h6,10-11,19H,2,4-5,7-9H2,1,3H3/b16-10+,17-6+. The van der Waals surface area contributed by atoms with E-state index in [4.69, 9.17) is 11.6 Å². The number of halogens is 1. The van der Waals surface area contributed by atoms with Crippen LogP contribution < -0.4 is 5.32 Å². The molecule has 0 saturated heterocycles. The van der Waals surface area contributed by atoms with Gasteiger partial charge in [-0.2, -0.15) is 0 Å². The summed E-state index contributed by atoms with van der Waals surface area (Å²) in [5.41, 5.74) is 5.18. The largest absolute Gasteiger partial charge is 0.360 e. The van der Waals surface area contributed by atoms with Gasteiger partial charge in [0.25, 0.3) is 0 Å². The number of hydrogen-bond acceptors (Lipinski definition) is 1. The van der Waals surface area contributed by atoms with Crippen molar-refractivity contribution in [2.45, 2.75) is 33.1 Å². The molecule has 0 amide bonds. The first kappa shape index (κ1) is 15.6. The van der Waals surface area contributed by atoms with E-state index in [1.54, 1.807) is 0 Å². The molecule has 1 aliphatic carbocycles. The second kappa shape index (κ2) is 7.20. The van der Waals surface area contributed by atoms with Crippen molar-refractivity contribution in [1.29, 1.82) is 0 Å². The van der Waals surface area contributed by atoms with Crippen LogP contribution in [-0.2, 0) is 0 Å². The quantitative estimate of drug-likeness (QED) is 0.681. The van der Waals surface area contributed by atoms with Gasteiger partial charge in [-0.1, -0.05) is 43.0 Å². The average Bonchev–Trinajstić information content (AvgIpc) is 2.32. The van der Waals surface area contributed by atoms with Crippen LogP contribution in [0, 0.1) is 0 Å². The lowest BCUT2D eigenvalue weighted by molar-refractivity contribution is 0.773. The van der Waals surface area contributed by atoms with Crippen LogP contribution in [0.3, 0.4) is 0 Å². The van der Waals surface area contributed by atoms with Crippen LogP contribution in [0.4, 0.5) is 0 Å². The lowest BCUT2D eigenvalue weighted by Crippen LogP contribution is -2.10. The molecule has 102 valence electrons. The molecule has 0 radical (unpaired) electrons. The topological polar surface area (TPSA) is 12.0 Å². The molecule has 1 nitrogen and oxygen atoms in total. The van der Waals surface area contributed by atoms with Gasteiger partial charge in [0.05, 0.1) is 10.7 Å². The second-order valence-electron chi connectivity index (χ2n) is 4.80. The van der Waals surface area contributed by atoms with E-state index in [1.807, 2.05) is 32.2 Å². The Balaban J connectivity index is 2.86. The van der Waals surface area contributed by atoms with E-state index in [9.17, 15) is 0 Å². The summed E-state index contributed by atoms with van der Waals surface area (Å²) in [4.78, 5) is 0. The van der Waals surface area contributed by atoms with E-state index >= 15 is 0 Å². The summed E-state index contributed by atoms with van der Waals surface area (Å²) in [6.45, 7) is 15.9. The molecule has 2 heteroatoms. The van der Waals surface area contributed by atoms with Gasteiger partial charge in [-0.05, 0) is 55.9 Å². The first-order valence-electron chi connectivity index (χ1n) is 6.48. The first-order chi connectivity index (χ1) is 8.95. The van der Waals surface area contributed by atoms with E-state index in [2.05, 4.69) is 25.1 Å². The zero-order valence-corrected chi connectivity index (χ0v) is 12.6. The highest BCUT2D eigenvalue weighted by Gasteiger charge is 2.13. The minimum atomic E-state index is 0.652. The lowest BCUT2D eigenvalue weighted by atomic mass is 9.87. The Bertz CT molecular complexity index is 471. The highest BCUT2D eigenvalue weighted by molar-refractivity contribution is 6.32. The van der Waals surface area contributed by atoms with E-state index in [0.29, 0.717) is 5.03 Å². The molecule has 0 aliphatic heterocycles. The molecular weight excluding hydrogens is 254 g/mol. The molecule has 0 aromatic heterocycles. The summed E-state index contributed by atoms with van der Waals surface area (Å²) in [5, 5.41) is 3.89. The van der Waals surface area contributed by atoms with Gasteiger partial charge in [0, 0.05) is 6.20 Å². The van der Waals surface area contributed by atoms with Crippen molar-refractivity contribution in [3.05, 3.63) is 71.1 Å². The average molecular weight is 276 g/mol. The molecule has 1 aliphatic rings. The van der Waals surface area contributed by atoms with Gasteiger partial charge in [-0.15, -0.1) is 0 Å². The molecule has 0 aromatic carbocycles. The van der Waals surface area contributed by atoms with Crippen LogP contribution in [-0.4, -0.2) is 0 Å². The fraction of sp³-hybridized carbons (Fsp3) is 0.294. The zero-order valence-electron chi connectivity index (χ0n) is 11.9. The van der Waals surface area contributed by atoms with Gasteiger partial charge < -0.3 is 5.32 Å². The molecule has 0 unspecified atom stereocenters. The third-order valence-electron chi connectivity index (χ3n) is 3.01. The number of rotatable bonds is 4. The Labute approximate surface area is 121 Å². The maximum Gasteiger partial charge on any atom is 0.0639 e. The number of hydrogen-bond donors (Lipinski definition) is 1. The van der Waals surface area contributed by atoms with Crippen LogP contribution in [0.5, 0.6) is 0 Å². The van der Waals surface area contributed by atoms with Crippen molar-refractivity contribution in [2.24, 2.45) is 0 Å². The molecule has 0 bridgehead atoms. The summed E-state index contributed by atoms with van der Waals surface area (Å²) in [6.07, 6.45) is 8.94. The van der Waals surface area contributed by atoms with Crippen molar-refractivity contribution in [1.82, 2.24) is 5.32 Å². The normalized spacial score (nSPS) is 17.5.